The fourth-order valence-corrected chi connectivity index (χ4v) is 4.73. The number of benzene rings is 3. The van der Waals surface area contributed by atoms with Gasteiger partial charge >= 0.3 is 0 Å². The van der Waals surface area contributed by atoms with Gasteiger partial charge in [0.15, 0.2) is 11.5 Å². The molecule has 0 saturated carbocycles. The number of ether oxygens (including phenoxy) is 2. The largest absolute Gasteiger partial charge is 0.490 e. The number of amides is 2. The Kier molecular flexibility index (Phi) is 10.9. The number of nitrogens with zero attached hydrogens (tertiary/aromatic N) is 2. The second-order valence-corrected chi connectivity index (χ2v) is 10.2. The highest BCUT2D eigenvalue weighted by Crippen LogP contribution is 2.35. The SMILES string of the molecule is CCOc1cc(C(Nc2ccc(C(=N)N)cc2)C(=O)N(C)N(C)C(=O)c2ccccc2CI)c(F)cc1OC(C)C. The summed E-state index contributed by atoms with van der Waals surface area (Å²) >= 11 is 2.18. The lowest BCUT2D eigenvalue weighted by molar-refractivity contribution is -0.141. The first-order valence-electron chi connectivity index (χ1n) is 13.0. The first-order valence-corrected chi connectivity index (χ1v) is 14.5. The third kappa shape index (κ3) is 7.66. The molecule has 218 valence electrons. The van der Waals surface area contributed by atoms with Crippen LogP contribution in [0.25, 0.3) is 0 Å². The fourth-order valence-electron chi connectivity index (χ4n) is 4.06. The normalized spacial score (nSPS) is 11.5. The molecule has 0 aliphatic heterocycles. The number of halogens is 2. The molecular formula is C30H35FIN5O4. The minimum absolute atomic E-state index is 0.00515. The number of hydrogen-bond acceptors (Lipinski definition) is 6. The summed E-state index contributed by atoms with van der Waals surface area (Å²) in [6, 6.07) is 15.1. The predicted octanol–water partition coefficient (Wildman–Crippen LogP) is 5.53. The van der Waals surface area contributed by atoms with Crippen LogP contribution in [0.4, 0.5) is 10.1 Å². The Bertz CT molecular complexity index is 1400. The molecule has 0 radical (unpaired) electrons. The topological polar surface area (TPSA) is 121 Å². The van der Waals surface area contributed by atoms with Gasteiger partial charge in [0.2, 0.25) is 0 Å². The minimum atomic E-state index is -1.26. The summed E-state index contributed by atoms with van der Waals surface area (Å²) in [4.78, 5) is 27.4. The average molecular weight is 676 g/mol. The van der Waals surface area contributed by atoms with Crippen LogP contribution in [0, 0.1) is 11.2 Å². The number of alkyl halides is 1. The zero-order chi connectivity index (χ0) is 30.3. The van der Waals surface area contributed by atoms with Crippen molar-refractivity contribution in [3.8, 4) is 11.5 Å². The molecule has 0 heterocycles. The Hall–Kier alpha value is -3.87. The summed E-state index contributed by atoms with van der Waals surface area (Å²) < 4.78 is 27.8. The molecule has 0 aromatic heterocycles. The van der Waals surface area contributed by atoms with E-state index in [1.54, 1.807) is 43.3 Å². The molecule has 0 bridgehead atoms. The van der Waals surface area contributed by atoms with Gasteiger partial charge in [0.1, 0.15) is 17.7 Å². The van der Waals surface area contributed by atoms with Crippen molar-refractivity contribution in [2.45, 2.75) is 37.3 Å². The number of carbonyl (C=O) groups is 2. The van der Waals surface area contributed by atoms with E-state index in [1.165, 1.54) is 31.2 Å². The number of nitrogens with two attached hydrogens (primary N) is 1. The van der Waals surface area contributed by atoms with E-state index in [9.17, 15) is 9.59 Å². The molecule has 1 atom stereocenters. The van der Waals surface area contributed by atoms with E-state index >= 15 is 4.39 Å². The van der Waals surface area contributed by atoms with Gasteiger partial charge in [-0.25, -0.2) is 4.39 Å². The molecule has 3 aromatic rings. The Balaban J connectivity index is 2.06. The van der Waals surface area contributed by atoms with Crippen LogP contribution in [0.1, 0.15) is 53.9 Å². The molecule has 3 aromatic carbocycles. The molecule has 3 rings (SSSR count). The Morgan fingerprint density at radius 1 is 1.05 bits per heavy atom. The smallest absolute Gasteiger partial charge is 0.272 e. The van der Waals surface area contributed by atoms with E-state index in [-0.39, 0.29) is 34.9 Å². The van der Waals surface area contributed by atoms with E-state index in [1.807, 2.05) is 26.0 Å². The fraction of sp³-hybridized carbons (Fsp3) is 0.300. The van der Waals surface area contributed by atoms with E-state index in [4.69, 9.17) is 20.6 Å². The Morgan fingerprint density at radius 2 is 1.71 bits per heavy atom. The van der Waals surface area contributed by atoms with Crippen molar-refractivity contribution in [1.29, 1.82) is 5.41 Å². The third-order valence-electron chi connectivity index (χ3n) is 6.25. The predicted molar refractivity (Wildman–Crippen MR) is 166 cm³/mol. The number of carbonyl (C=O) groups excluding carboxylic acids is 2. The quantitative estimate of drug-likeness (QED) is 0.0809. The molecule has 0 saturated heterocycles. The Morgan fingerprint density at radius 3 is 2.29 bits per heavy atom. The van der Waals surface area contributed by atoms with E-state index in [2.05, 4.69) is 27.9 Å². The number of rotatable bonds is 11. The van der Waals surface area contributed by atoms with Crippen molar-refractivity contribution in [1.82, 2.24) is 10.0 Å². The zero-order valence-corrected chi connectivity index (χ0v) is 25.9. The van der Waals surface area contributed by atoms with Crippen LogP contribution in [-0.2, 0) is 9.22 Å². The third-order valence-corrected chi connectivity index (χ3v) is 7.07. The summed E-state index contributed by atoms with van der Waals surface area (Å²) in [6.07, 6.45) is -0.231. The lowest BCUT2D eigenvalue weighted by Gasteiger charge is -2.33. The van der Waals surface area contributed by atoms with Crippen molar-refractivity contribution >= 4 is 45.9 Å². The van der Waals surface area contributed by atoms with Crippen molar-refractivity contribution in [3.63, 3.8) is 0 Å². The highest BCUT2D eigenvalue weighted by molar-refractivity contribution is 14.1. The van der Waals surface area contributed by atoms with Gasteiger partial charge in [-0.15, -0.1) is 0 Å². The van der Waals surface area contributed by atoms with Gasteiger partial charge in [0.05, 0.1) is 12.7 Å². The monoisotopic (exact) mass is 675 g/mol. The first-order chi connectivity index (χ1) is 19.5. The molecule has 1 unspecified atom stereocenters. The molecule has 0 aliphatic rings. The number of nitrogens with one attached hydrogen (secondary N) is 2. The summed E-state index contributed by atoms with van der Waals surface area (Å²) in [5, 5.41) is 13.1. The first kappa shape index (κ1) is 31.7. The van der Waals surface area contributed by atoms with Gasteiger partial charge in [-0.2, -0.15) is 0 Å². The Labute approximate surface area is 253 Å². The van der Waals surface area contributed by atoms with Gasteiger partial charge in [0, 0.05) is 47.0 Å². The van der Waals surface area contributed by atoms with Gasteiger partial charge in [0.25, 0.3) is 11.8 Å². The number of likely N-dealkylation sites (N-methyl/N-ethyl adjacent to an activating group) is 1. The van der Waals surface area contributed by atoms with Crippen molar-refractivity contribution in [2.24, 2.45) is 5.73 Å². The van der Waals surface area contributed by atoms with Gasteiger partial charge in [-0.3, -0.25) is 25.0 Å². The summed E-state index contributed by atoms with van der Waals surface area (Å²) in [7, 11) is 2.95. The van der Waals surface area contributed by atoms with Crippen LogP contribution in [0.2, 0.25) is 0 Å². The number of hydrogen-bond donors (Lipinski definition) is 3. The summed E-state index contributed by atoms with van der Waals surface area (Å²) in [5.74, 6) is -1.27. The molecule has 0 fully saturated rings. The van der Waals surface area contributed by atoms with Crippen molar-refractivity contribution in [2.75, 3.05) is 26.0 Å². The van der Waals surface area contributed by atoms with Gasteiger partial charge < -0.3 is 20.5 Å². The lowest BCUT2D eigenvalue weighted by Crippen LogP contribution is -2.48. The maximum atomic E-state index is 15.7. The standard InChI is InChI=1S/C30H35FIN5O4/c1-6-40-25-15-23(24(31)16-26(25)41-18(2)3)27(35-21-13-11-19(12-14-21)28(33)34)30(39)37(5)36(4)29(38)22-10-8-7-9-20(22)17-32/h7-16,18,27,35H,6,17H2,1-5H3,(H3,33,34). The van der Waals surface area contributed by atoms with E-state index in [0.29, 0.717) is 27.8 Å². The molecule has 41 heavy (non-hydrogen) atoms. The zero-order valence-electron chi connectivity index (χ0n) is 23.7. The maximum absolute atomic E-state index is 15.7. The van der Waals surface area contributed by atoms with E-state index < -0.39 is 17.8 Å². The van der Waals surface area contributed by atoms with E-state index in [0.717, 1.165) is 10.6 Å². The second-order valence-electron chi connectivity index (χ2n) is 9.47. The minimum Gasteiger partial charge on any atom is -0.490 e. The molecular weight excluding hydrogens is 640 g/mol. The number of anilines is 1. The van der Waals surface area contributed by atoms with Crippen LogP contribution in [0.15, 0.2) is 60.7 Å². The summed E-state index contributed by atoms with van der Waals surface area (Å²) in [5.41, 5.74) is 7.85. The number of amidine groups is 1. The van der Waals surface area contributed by atoms with Crippen LogP contribution in [0.3, 0.4) is 0 Å². The molecule has 0 spiro atoms. The second kappa shape index (κ2) is 14.2. The number of hydrazine groups is 1. The average Bonchev–Trinajstić information content (AvgIpc) is 2.95. The van der Waals surface area contributed by atoms with Crippen LogP contribution in [-0.4, -0.2) is 54.5 Å². The van der Waals surface area contributed by atoms with Gasteiger partial charge in [-0.1, -0.05) is 40.8 Å². The van der Waals surface area contributed by atoms with Gasteiger partial charge in [-0.05, 0) is 62.7 Å². The molecule has 0 aliphatic carbocycles. The van der Waals surface area contributed by atoms with Crippen LogP contribution in [0.5, 0.6) is 11.5 Å². The summed E-state index contributed by atoms with van der Waals surface area (Å²) in [6.45, 7) is 5.73. The van der Waals surface area contributed by atoms with Crippen LogP contribution >= 0.6 is 22.6 Å². The highest BCUT2D eigenvalue weighted by Gasteiger charge is 2.32. The van der Waals surface area contributed by atoms with Crippen molar-refractivity contribution < 1.29 is 23.5 Å². The highest BCUT2D eigenvalue weighted by atomic mass is 127. The van der Waals surface area contributed by atoms with Crippen molar-refractivity contribution in [3.05, 3.63) is 88.7 Å². The maximum Gasteiger partial charge on any atom is 0.272 e. The molecule has 11 heteroatoms. The molecule has 9 nitrogen and oxygen atoms in total. The van der Waals surface area contributed by atoms with Crippen LogP contribution < -0.4 is 20.5 Å². The lowest BCUT2D eigenvalue weighted by atomic mass is 10.0. The molecule has 4 N–H and O–H groups in total. The molecule has 2 amide bonds. The number of nitrogen functional groups attached to an aromatic ring is 1.